The second kappa shape index (κ2) is 9.75. The van der Waals surface area contributed by atoms with Crippen LogP contribution in [-0.2, 0) is 14.8 Å². The molecule has 2 aliphatic rings. The lowest BCUT2D eigenvalue weighted by molar-refractivity contribution is -0.136. The van der Waals surface area contributed by atoms with Gasteiger partial charge in [0, 0.05) is 31.5 Å². The number of nitrogens with zero attached hydrogens (tertiary/aromatic N) is 2. The molecule has 8 heteroatoms. The first-order chi connectivity index (χ1) is 15.4. The molecule has 2 heterocycles. The van der Waals surface area contributed by atoms with Gasteiger partial charge in [0.2, 0.25) is 15.9 Å². The molecule has 0 aromatic heterocycles. The van der Waals surface area contributed by atoms with Gasteiger partial charge in [-0.05, 0) is 36.6 Å². The standard InChI is InChI=1S/C24H28N2O5S/c1-25(17-21-18-30-22-9-5-6-10-23(22)31-21)24(27)20-11-14-26(15-12-20)32(28,29)16-13-19-7-3-2-4-8-19/h2-10,13,16,20-21H,11-12,14-15,17-18H2,1H3. The lowest BCUT2D eigenvalue weighted by Gasteiger charge is -2.34. The third-order valence-corrected chi connectivity index (χ3v) is 7.38. The van der Waals surface area contributed by atoms with Crippen molar-refractivity contribution in [2.45, 2.75) is 18.9 Å². The third-order valence-electron chi connectivity index (χ3n) is 5.82. The quantitative estimate of drug-likeness (QED) is 0.668. The van der Waals surface area contributed by atoms with E-state index < -0.39 is 10.0 Å². The zero-order valence-corrected chi connectivity index (χ0v) is 18.9. The van der Waals surface area contributed by atoms with Crippen molar-refractivity contribution < 1.29 is 22.7 Å². The van der Waals surface area contributed by atoms with Crippen LogP contribution < -0.4 is 9.47 Å². The zero-order valence-electron chi connectivity index (χ0n) is 18.1. The van der Waals surface area contributed by atoms with Gasteiger partial charge in [-0.15, -0.1) is 0 Å². The van der Waals surface area contributed by atoms with Crippen molar-refractivity contribution in [2.75, 3.05) is 33.3 Å². The summed E-state index contributed by atoms with van der Waals surface area (Å²) in [5.41, 5.74) is 0.833. The van der Waals surface area contributed by atoms with Crippen LogP contribution in [0.15, 0.2) is 60.0 Å². The van der Waals surface area contributed by atoms with E-state index in [0.717, 1.165) is 5.56 Å². The molecule has 1 amide bonds. The summed E-state index contributed by atoms with van der Waals surface area (Å²) in [6, 6.07) is 16.8. The molecule has 1 unspecified atom stereocenters. The fourth-order valence-corrected chi connectivity index (χ4v) is 5.25. The maximum Gasteiger partial charge on any atom is 0.236 e. The molecule has 0 radical (unpaired) electrons. The molecule has 2 aromatic carbocycles. The SMILES string of the molecule is CN(CC1COc2ccccc2O1)C(=O)C1CCN(S(=O)(=O)C=Cc2ccccc2)CC1. The number of hydrogen-bond donors (Lipinski definition) is 0. The minimum absolute atomic E-state index is 0.0179. The summed E-state index contributed by atoms with van der Waals surface area (Å²) in [5.74, 6) is 1.23. The van der Waals surface area contributed by atoms with E-state index in [9.17, 15) is 13.2 Å². The number of amides is 1. The van der Waals surface area contributed by atoms with E-state index >= 15 is 0 Å². The minimum atomic E-state index is -3.51. The molecule has 0 N–H and O–H groups in total. The largest absolute Gasteiger partial charge is 0.486 e. The highest BCUT2D eigenvalue weighted by Crippen LogP contribution is 2.31. The maximum absolute atomic E-state index is 12.9. The highest BCUT2D eigenvalue weighted by atomic mass is 32.2. The van der Waals surface area contributed by atoms with Crippen molar-refractivity contribution in [2.24, 2.45) is 5.92 Å². The molecule has 0 aliphatic carbocycles. The molecule has 32 heavy (non-hydrogen) atoms. The van der Waals surface area contributed by atoms with Crippen molar-refractivity contribution >= 4 is 22.0 Å². The fraction of sp³-hybridized carbons (Fsp3) is 0.375. The first-order valence-electron chi connectivity index (χ1n) is 10.8. The number of para-hydroxylation sites is 2. The lowest BCUT2D eigenvalue weighted by atomic mass is 9.96. The Balaban J connectivity index is 1.28. The maximum atomic E-state index is 12.9. The van der Waals surface area contributed by atoms with E-state index in [1.54, 1.807) is 18.0 Å². The number of fused-ring (bicyclic) bond motifs is 1. The summed E-state index contributed by atoms with van der Waals surface area (Å²) in [7, 11) is -1.75. The number of carbonyl (C=O) groups excluding carboxylic acids is 1. The highest BCUT2D eigenvalue weighted by Gasteiger charge is 2.32. The predicted molar refractivity (Wildman–Crippen MR) is 123 cm³/mol. The van der Waals surface area contributed by atoms with Crippen LogP contribution in [0.3, 0.4) is 0 Å². The molecule has 0 bridgehead atoms. The highest BCUT2D eigenvalue weighted by molar-refractivity contribution is 7.92. The van der Waals surface area contributed by atoms with Gasteiger partial charge in [-0.3, -0.25) is 4.79 Å². The number of ether oxygens (including phenoxy) is 2. The molecule has 0 saturated carbocycles. The van der Waals surface area contributed by atoms with Gasteiger partial charge in [-0.25, -0.2) is 8.42 Å². The molecule has 2 aliphatic heterocycles. The van der Waals surface area contributed by atoms with Crippen LogP contribution in [-0.4, -0.2) is 62.9 Å². The first kappa shape index (κ1) is 22.4. The van der Waals surface area contributed by atoms with E-state index in [4.69, 9.17) is 9.47 Å². The van der Waals surface area contributed by atoms with Crippen LogP contribution in [0.1, 0.15) is 18.4 Å². The van der Waals surface area contributed by atoms with Crippen LogP contribution in [0.5, 0.6) is 11.5 Å². The lowest BCUT2D eigenvalue weighted by Crippen LogP contribution is -2.46. The monoisotopic (exact) mass is 456 g/mol. The second-order valence-electron chi connectivity index (χ2n) is 8.15. The van der Waals surface area contributed by atoms with Gasteiger partial charge < -0.3 is 14.4 Å². The Morgan fingerprint density at radius 3 is 2.44 bits per heavy atom. The number of carbonyl (C=O) groups is 1. The summed E-state index contributed by atoms with van der Waals surface area (Å²) < 4.78 is 38.4. The molecule has 4 rings (SSSR count). The van der Waals surface area contributed by atoms with Gasteiger partial charge in [0.25, 0.3) is 0 Å². The van der Waals surface area contributed by atoms with Crippen LogP contribution in [0.2, 0.25) is 0 Å². The Kier molecular flexibility index (Phi) is 6.81. The Labute approximate surface area is 189 Å². The smallest absolute Gasteiger partial charge is 0.236 e. The number of benzene rings is 2. The van der Waals surface area contributed by atoms with Crippen molar-refractivity contribution in [3.05, 3.63) is 65.6 Å². The van der Waals surface area contributed by atoms with Crippen molar-refractivity contribution in [3.63, 3.8) is 0 Å². The van der Waals surface area contributed by atoms with Gasteiger partial charge in [-0.2, -0.15) is 4.31 Å². The Bertz CT molecular complexity index is 1060. The molecule has 170 valence electrons. The van der Waals surface area contributed by atoms with E-state index in [1.165, 1.54) is 9.71 Å². The van der Waals surface area contributed by atoms with Crippen LogP contribution in [0.4, 0.5) is 0 Å². The molecule has 1 saturated heterocycles. The average molecular weight is 457 g/mol. The first-order valence-corrected chi connectivity index (χ1v) is 12.3. The second-order valence-corrected chi connectivity index (χ2v) is 9.97. The van der Waals surface area contributed by atoms with Crippen molar-refractivity contribution in [3.8, 4) is 11.5 Å². The molecule has 0 spiro atoms. The molecule has 1 atom stereocenters. The molecular formula is C24H28N2O5S. The van der Waals surface area contributed by atoms with Crippen molar-refractivity contribution in [1.29, 1.82) is 0 Å². The van der Waals surface area contributed by atoms with Crippen LogP contribution in [0, 0.1) is 5.92 Å². The van der Waals surface area contributed by atoms with E-state index in [0.29, 0.717) is 50.6 Å². The minimum Gasteiger partial charge on any atom is -0.486 e. The van der Waals surface area contributed by atoms with Crippen molar-refractivity contribution in [1.82, 2.24) is 9.21 Å². The number of hydrogen-bond acceptors (Lipinski definition) is 5. The molecule has 1 fully saturated rings. The Hall–Kier alpha value is -2.84. The van der Waals surface area contributed by atoms with Crippen LogP contribution >= 0.6 is 0 Å². The number of rotatable bonds is 6. The number of likely N-dealkylation sites (N-methyl/N-ethyl adjacent to an activating group) is 1. The normalized spacial score (nSPS) is 19.7. The summed E-state index contributed by atoms with van der Waals surface area (Å²) in [6.45, 7) is 1.48. The number of piperidine rings is 1. The Morgan fingerprint density at radius 2 is 1.72 bits per heavy atom. The van der Waals surface area contributed by atoms with Gasteiger partial charge in [0.05, 0.1) is 6.54 Å². The molecule has 2 aromatic rings. The van der Waals surface area contributed by atoms with E-state index in [2.05, 4.69) is 0 Å². The summed E-state index contributed by atoms with van der Waals surface area (Å²) in [5, 5.41) is 1.24. The summed E-state index contributed by atoms with van der Waals surface area (Å²) >= 11 is 0. The summed E-state index contributed by atoms with van der Waals surface area (Å²) in [6.07, 6.45) is 2.38. The van der Waals surface area contributed by atoms with Gasteiger partial charge in [0.15, 0.2) is 17.6 Å². The van der Waals surface area contributed by atoms with Gasteiger partial charge >= 0.3 is 0 Å². The van der Waals surface area contributed by atoms with Crippen LogP contribution in [0.25, 0.3) is 6.08 Å². The fourth-order valence-electron chi connectivity index (χ4n) is 4.03. The topological polar surface area (TPSA) is 76.2 Å². The number of sulfonamides is 1. The van der Waals surface area contributed by atoms with E-state index in [1.807, 2.05) is 54.6 Å². The molecular weight excluding hydrogens is 428 g/mol. The van der Waals surface area contributed by atoms with Gasteiger partial charge in [-0.1, -0.05) is 42.5 Å². The Morgan fingerprint density at radius 1 is 1.06 bits per heavy atom. The van der Waals surface area contributed by atoms with Gasteiger partial charge in [0.1, 0.15) is 6.61 Å². The van der Waals surface area contributed by atoms with E-state index in [-0.39, 0.29) is 17.9 Å². The predicted octanol–water partition coefficient (Wildman–Crippen LogP) is 3.00. The zero-order chi connectivity index (χ0) is 22.6. The summed E-state index contributed by atoms with van der Waals surface area (Å²) in [4.78, 5) is 14.6. The molecule has 7 nitrogen and oxygen atoms in total. The average Bonchev–Trinajstić information content (AvgIpc) is 2.83. The third kappa shape index (κ3) is 5.31.